The monoisotopic (exact) mass is 547 g/mol. The zero-order valence-corrected chi connectivity index (χ0v) is 23.3. The molecule has 2 aliphatic rings. The van der Waals surface area contributed by atoms with Gasteiger partial charge in [0.05, 0.1) is 28.9 Å². The molecule has 2 aromatic heterocycles. The van der Waals surface area contributed by atoms with Gasteiger partial charge in [0.1, 0.15) is 5.58 Å². The lowest BCUT2D eigenvalue weighted by Gasteiger charge is -2.32. The number of para-hydroxylation sites is 1. The van der Waals surface area contributed by atoms with Gasteiger partial charge in [0.25, 0.3) is 11.8 Å². The van der Waals surface area contributed by atoms with E-state index in [9.17, 15) is 14.4 Å². The Labute approximate surface area is 234 Å². The fourth-order valence-electron chi connectivity index (χ4n) is 5.89. The standard InChI is InChI=1S/C32H25N3O4S/c1-17-14-22-25(15-18(17)2)39-28-26(27(22)36)32(35(29(28)37)31-33-19(3)20(4)40-31)23-12-8-9-13-24(23)34(30(32)38)16-21-10-6-5-7-11-21/h5-15H,16H2,1-4H3. The largest absolute Gasteiger partial charge is 0.450 e. The predicted molar refractivity (Wildman–Crippen MR) is 155 cm³/mol. The topological polar surface area (TPSA) is 83.7 Å². The molecule has 0 saturated carbocycles. The van der Waals surface area contributed by atoms with Crippen LogP contribution in [0.1, 0.15) is 48.9 Å². The van der Waals surface area contributed by atoms with Crippen molar-refractivity contribution in [3.63, 3.8) is 0 Å². The number of anilines is 2. The van der Waals surface area contributed by atoms with Gasteiger partial charge in [-0.1, -0.05) is 48.5 Å². The predicted octanol–water partition coefficient (Wildman–Crippen LogP) is 5.93. The van der Waals surface area contributed by atoms with E-state index in [4.69, 9.17) is 9.40 Å². The molecule has 0 aliphatic carbocycles. The van der Waals surface area contributed by atoms with Gasteiger partial charge in [0.2, 0.25) is 5.76 Å². The zero-order chi connectivity index (χ0) is 27.9. The normalized spacial score (nSPS) is 17.8. The first-order valence-electron chi connectivity index (χ1n) is 13.1. The molecule has 7 nitrogen and oxygen atoms in total. The Morgan fingerprint density at radius 2 is 1.60 bits per heavy atom. The molecule has 2 aliphatic heterocycles. The van der Waals surface area contributed by atoms with Crippen LogP contribution in [-0.4, -0.2) is 16.8 Å². The van der Waals surface area contributed by atoms with E-state index in [0.717, 1.165) is 27.3 Å². The maximum absolute atomic E-state index is 14.9. The van der Waals surface area contributed by atoms with Crippen molar-refractivity contribution in [3.05, 3.63) is 121 Å². The van der Waals surface area contributed by atoms with E-state index in [1.165, 1.54) is 16.2 Å². The van der Waals surface area contributed by atoms with Crippen LogP contribution in [-0.2, 0) is 16.9 Å². The zero-order valence-electron chi connectivity index (χ0n) is 22.4. The van der Waals surface area contributed by atoms with E-state index in [1.807, 2.05) is 82.3 Å². The summed E-state index contributed by atoms with van der Waals surface area (Å²) in [6.07, 6.45) is 0. The fourth-order valence-corrected chi connectivity index (χ4v) is 6.85. The molecule has 4 heterocycles. The molecular formula is C32H25N3O4S. The van der Waals surface area contributed by atoms with Crippen molar-refractivity contribution in [1.82, 2.24) is 4.98 Å². The number of aromatic nitrogens is 1. The highest BCUT2D eigenvalue weighted by Crippen LogP contribution is 2.55. The Kier molecular flexibility index (Phi) is 5.18. The molecule has 8 heteroatoms. The smallest absolute Gasteiger partial charge is 0.297 e. The molecule has 40 heavy (non-hydrogen) atoms. The van der Waals surface area contributed by atoms with Crippen LogP contribution < -0.4 is 15.2 Å². The second kappa shape index (κ2) is 8.47. The highest BCUT2D eigenvalue weighted by molar-refractivity contribution is 7.16. The first-order chi connectivity index (χ1) is 19.2. The summed E-state index contributed by atoms with van der Waals surface area (Å²) < 4.78 is 6.24. The van der Waals surface area contributed by atoms with E-state index in [2.05, 4.69) is 0 Å². The lowest BCUT2D eigenvalue weighted by molar-refractivity contribution is -0.121. The van der Waals surface area contributed by atoms with Gasteiger partial charge < -0.3 is 9.32 Å². The Bertz CT molecular complexity index is 1940. The number of hydrogen-bond donors (Lipinski definition) is 0. The van der Waals surface area contributed by atoms with Crippen molar-refractivity contribution in [2.24, 2.45) is 0 Å². The van der Waals surface area contributed by atoms with Gasteiger partial charge in [-0.25, -0.2) is 4.98 Å². The molecule has 1 unspecified atom stereocenters. The molecular weight excluding hydrogens is 522 g/mol. The van der Waals surface area contributed by atoms with E-state index < -0.39 is 11.4 Å². The van der Waals surface area contributed by atoms with Gasteiger partial charge >= 0.3 is 0 Å². The first kappa shape index (κ1) is 24.5. The summed E-state index contributed by atoms with van der Waals surface area (Å²) in [7, 11) is 0. The molecule has 0 bridgehead atoms. The van der Waals surface area contributed by atoms with Crippen LogP contribution in [0, 0.1) is 27.7 Å². The summed E-state index contributed by atoms with van der Waals surface area (Å²) in [5, 5.41) is 0.695. The number of benzene rings is 3. The number of rotatable bonds is 3. The lowest BCUT2D eigenvalue weighted by Crippen LogP contribution is -2.53. The Morgan fingerprint density at radius 1 is 0.900 bits per heavy atom. The molecule has 0 radical (unpaired) electrons. The van der Waals surface area contributed by atoms with Gasteiger partial charge in [-0.05, 0) is 62.6 Å². The van der Waals surface area contributed by atoms with Crippen molar-refractivity contribution < 1.29 is 14.0 Å². The first-order valence-corrected chi connectivity index (χ1v) is 13.9. The minimum absolute atomic E-state index is 0.0479. The minimum atomic E-state index is -1.75. The van der Waals surface area contributed by atoms with E-state index in [1.54, 1.807) is 17.0 Å². The number of hydrogen-bond acceptors (Lipinski definition) is 6. The van der Waals surface area contributed by atoms with Gasteiger partial charge in [-0.2, -0.15) is 0 Å². The van der Waals surface area contributed by atoms with Crippen LogP contribution in [0.25, 0.3) is 11.0 Å². The van der Waals surface area contributed by atoms with E-state index in [0.29, 0.717) is 27.4 Å². The van der Waals surface area contributed by atoms with Gasteiger partial charge in [-0.3, -0.25) is 19.3 Å². The van der Waals surface area contributed by atoms with Crippen LogP contribution in [0.5, 0.6) is 0 Å². The van der Waals surface area contributed by atoms with Crippen molar-refractivity contribution >= 4 is 44.9 Å². The van der Waals surface area contributed by atoms with Gasteiger partial charge in [-0.15, -0.1) is 11.3 Å². The number of amides is 2. The maximum Gasteiger partial charge on any atom is 0.297 e. The molecule has 7 rings (SSSR count). The maximum atomic E-state index is 14.9. The Balaban J connectivity index is 1.59. The average molecular weight is 548 g/mol. The third kappa shape index (κ3) is 3.11. The number of aryl methyl sites for hydroxylation is 4. The third-order valence-electron chi connectivity index (χ3n) is 8.13. The van der Waals surface area contributed by atoms with E-state index >= 15 is 0 Å². The average Bonchev–Trinajstić information content (AvgIpc) is 3.50. The lowest BCUT2D eigenvalue weighted by atomic mass is 9.84. The molecule has 5 aromatic rings. The van der Waals surface area contributed by atoms with Gasteiger partial charge in [0, 0.05) is 10.4 Å². The summed E-state index contributed by atoms with van der Waals surface area (Å²) in [5.74, 6) is -1.05. The van der Waals surface area contributed by atoms with Gasteiger partial charge in [0.15, 0.2) is 16.1 Å². The summed E-state index contributed by atoms with van der Waals surface area (Å²) >= 11 is 1.32. The third-order valence-corrected chi connectivity index (χ3v) is 9.19. The Hall–Kier alpha value is -4.56. The minimum Gasteiger partial charge on any atom is -0.450 e. The summed E-state index contributed by atoms with van der Waals surface area (Å²) in [6.45, 7) is 7.92. The fraction of sp³-hybridized carbons (Fsp3) is 0.188. The van der Waals surface area contributed by atoms with Crippen molar-refractivity contribution in [2.45, 2.75) is 39.8 Å². The molecule has 0 N–H and O–H groups in total. The summed E-state index contributed by atoms with van der Waals surface area (Å²) in [5.41, 5.74) is 2.99. The second-order valence-corrected chi connectivity index (χ2v) is 11.6. The van der Waals surface area contributed by atoms with Crippen LogP contribution in [0.2, 0.25) is 0 Å². The molecule has 3 aromatic carbocycles. The molecule has 0 saturated heterocycles. The van der Waals surface area contributed by atoms with Crippen LogP contribution >= 0.6 is 11.3 Å². The quantitative estimate of drug-likeness (QED) is 0.279. The summed E-state index contributed by atoms with van der Waals surface area (Å²) in [4.78, 5) is 52.4. The number of nitrogens with zero attached hydrogens (tertiary/aromatic N) is 3. The van der Waals surface area contributed by atoms with Crippen molar-refractivity contribution in [2.75, 3.05) is 9.80 Å². The SMILES string of the molecule is Cc1cc2oc3c(c(=O)c2cc1C)C1(C(=O)N(Cc2ccccc2)c2ccccc21)N(c1nc(C)c(C)s1)C3=O. The number of carbonyl (C=O) groups excluding carboxylic acids is 2. The number of fused-ring (bicyclic) bond motifs is 5. The molecule has 2 amide bonds. The molecule has 1 spiro atoms. The highest BCUT2D eigenvalue weighted by Gasteiger charge is 2.66. The highest BCUT2D eigenvalue weighted by atomic mass is 32.1. The number of carbonyl (C=O) groups is 2. The van der Waals surface area contributed by atoms with Crippen LogP contribution in [0.3, 0.4) is 0 Å². The van der Waals surface area contributed by atoms with Crippen molar-refractivity contribution in [3.8, 4) is 0 Å². The van der Waals surface area contributed by atoms with Crippen molar-refractivity contribution in [1.29, 1.82) is 0 Å². The van der Waals surface area contributed by atoms with Crippen LogP contribution in [0.4, 0.5) is 10.8 Å². The number of thiazole rings is 1. The van der Waals surface area contributed by atoms with E-state index in [-0.39, 0.29) is 29.2 Å². The molecule has 0 fully saturated rings. The summed E-state index contributed by atoms with van der Waals surface area (Å²) in [6, 6.07) is 20.6. The van der Waals surface area contributed by atoms with Crippen LogP contribution in [0.15, 0.2) is 75.9 Å². The Morgan fingerprint density at radius 3 is 2.33 bits per heavy atom. The molecule has 198 valence electrons. The second-order valence-electron chi connectivity index (χ2n) is 10.5. The molecule has 1 atom stereocenters.